The van der Waals surface area contributed by atoms with Crippen LogP contribution in [-0.2, 0) is 22.4 Å². The number of hydrogen-bond donors (Lipinski definition) is 3. The lowest BCUT2D eigenvalue weighted by atomic mass is 10.1. The third kappa shape index (κ3) is 8.34. The fourth-order valence-electron chi connectivity index (χ4n) is 4.50. The Morgan fingerprint density at radius 3 is 2.84 bits per heavy atom. The molecule has 9 nitrogen and oxygen atoms in total. The molecule has 0 radical (unpaired) electrons. The zero-order chi connectivity index (χ0) is 26.9. The molecular formula is C27H35ClFN5O4. The molecule has 1 atom stereocenters. The van der Waals surface area contributed by atoms with Crippen LogP contribution in [0.25, 0.3) is 0 Å². The molecule has 1 saturated carbocycles. The van der Waals surface area contributed by atoms with Crippen molar-refractivity contribution >= 4 is 29.3 Å². The van der Waals surface area contributed by atoms with Gasteiger partial charge >= 0.3 is 5.97 Å². The Morgan fingerprint density at radius 1 is 1.24 bits per heavy atom. The summed E-state index contributed by atoms with van der Waals surface area (Å²) in [5.41, 5.74) is 1.93. The van der Waals surface area contributed by atoms with E-state index < -0.39 is 29.3 Å². The molecule has 206 valence electrons. The van der Waals surface area contributed by atoms with Crippen LogP contribution >= 0.6 is 11.6 Å². The quantitative estimate of drug-likeness (QED) is 0.289. The Morgan fingerprint density at radius 2 is 2.08 bits per heavy atom. The number of nitrogens with zero attached hydrogens (tertiary/aromatic N) is 3. The maximum absolute atomic E-state index is 14.1. The third-order valence-electron chi connectivity index (χ3n) is 6.81. The van der Waals surface area contributed by atoms with Crippen LogP contribution in [0.15, 0.2) is 24.5 Å². The van der Waals surface area contributed by atoms with Crippen molar-refractivity contribution in [2.24, 2.45) is 0 Å². The standard InChI is InChI=1S/C27H35ClFN5O4/c28-21-16-30-17-22(29)24(21)26(35)33-23(27(36)37)10-13-34(14-15-38-20-8-9-20)12-2-1-5-19-7-6-18-4-3-11-31-25(18)32-19/h6-7,16-17,20,23H,1-5,8-15H2,(H,31,32)(H,33,35)(H,36,37)/t23-/m0/s1. The molecule has 1 fully saturated rings. The number of carbonyl (C=O) groups excluding carboxylic acids is 1. The number of pyridine rings is 2. The maximum Gasteiger partial charge on any atom is 0.326 e. The SMILES string of the molecule is O=C(N[C@@H](CCN(CCCCc1ccc2c(n1)NCCC2)CCOC1CC1)C(=O)O)c1c(F)cncc1Cl. The van der Waals surface area contributed by atoms with Crippen molar-refractivity contribution in [2.75, 3.05) is 38.1 Å². The minimum atomic E-state index is -1.19. The van der Waals surface area contributed by atoms with Gasteiger partial charge < -0.3 is 25.4 Å². The van der Waals surface area contributed by atoms with E-state index in [1.807, 2.05) is 0 Å². The topological polar surface area (TPSA) is 117 Å². The third-order valence-corrected chi connectivity index (χ3v) is 7.10. The Balaban J connectivity index is 1.28. The highest BCUT2D eigenvalue weighted by atomic mass is 35.5. The number of unbranched alkanes of at least 4 members (excludes halogenated alkanes) is 1. The summed E-state index contributed by atoms with van der Waals surface area (Å²) in [6.45, 7) is 3.41. The molecule has 3 heterocycles. The highest BCUT2D eigenvalue weighted by molar-refractivity contribution is 6.33. The number of anilines is 1. The molecule has 1 amide bonds. The number of rotatable bonds is 15. The van der Waals surface area contributed by atoms with E-state index in [1.54, 1.807) is 0 Å². The molecular weight excluding hydrogens is 513 g/mol. The van der Waals surface area contributed by atoms with E-state index in [0.29, 0.717) is 25.8 Å². The summed E-state index contributed by atoms with van der Waals surface area (Å²) in [4.78, 5) is 34.9. The van der Waals surface area contributed by atoms with Crippen LogP contribution in [-0.4, -0.2) is 76.8 Å². The minimum absolute atomic E-state index is 0.160. The van der Waals surface area contributed by atoms with Crippen molar-refractivity contribution in [3.8, 4) is 0 Å². The predicted molar refractivity (Wildman–Crippen MR) is 142 cm³/mol. The van der Waals surface area contributed by atoms with Gasteiger partial charge in [0.1, 0.15) is 11.9 Å². The van der Waals surface area contributed by atoms with Gasteiger partial charge in [0.2, 0.25) is 0 Å². The van der Waals surface area contributed by atoms with Crippen LogP contribution in [0.3, 0.4) is 0 Å². The molecule has 2 aliphatic rings. The molecule has 0 spiro atoms. The summed E-state index contributed by atoms with van der Waals surface area (Å²) in [6, 6.07) is 3.08. The number of halogens is 2. The molecule has 1 aliphatic heterocycles. The second-order valence-corrected chi connectivity index (χ2v) is 10.2. The van der Waals surface area contributed by atoms with Gasteiger partial charge in [0.15, 0.2) is 5.82 Å². The first-order valence-electron chi connectivity index (χ1n) is 13.3. The summed E-state index contributed by atoms with van der Waals surface area (Å²) >= 11 is 5.91. The van der Waals surface area contributed by atoms with Gasteiger partial charge in [0.25, 0.3) is 5.91 Å². The van der Waals surface area contributed by atoms with Gasteiger partial charge in [-0.05, 0) is 69.5 Å². The first-order valence-corrected chi connectivity index (χ1v) is 13.7. The lowest BCUT2D eigenvalue weighted by Crippen LogP contribution is -2.44. The molecule has 38 heavy (non-hydrogen) atoms. The number of carboxylic acid groups (broad SMARTS) is 1. The second kappa shape index (κ2) is 13.8. The Hall–Kier alpha value is -2.82. The largest absolute Gasteiger partial charge is 0.480 e. The van der Waals surface area contributed by atoms with Crippen molar-refractivity contribution in [2.45, 2.75) is 63.5 Å². The van der Waals surface area contributed by atoms with E-state index in [1.165, 1.54) is 5.56 Å². The monoisotopic (exact) mass is 547 g/mol. The number of aliphatic carboxylic acids is 1. The van der Waals surface area contributed by atoms with Crippen LogP contribution in [0, 0.1) is 5.82 Å². The fourth-order valence-corrected chi connectivity index (χ4v) is 4.73. The van der Waals surface area contributed by atoms with E-state index in [0.717, 1.165) is 81.9 Å². The Bertz CT molecular complexity index is 1100. The average Bonchev–Trinajstić information content (AvgIpc) is 3.72. The van der Waals surface area contributed by atoms with Crippen molar-refractivity contribution in [3.05, 3.63) is 52.2 Å². The maximum atomic E-state index is 14.1. The number of amides is 1. The molecule has 2 aromatic heterocycles. The van der Waals surface area contributed by atoms with Crippen LogP contribution in [0.2, 0.25) is 5.02 Å². The lowest BCUT2D eigenvalue weighted by Gasteiger charge is -2.24. The number of aromatic nitrogens is 2. The first-order chi connectivity index (χ1) is 18.4. The second-order valence-electron chi connectivity index (χ2n) is 9.84. The predicted octanol–water partition coefficient (Wildman–Crippen LogP) is 3.70. The minimum Gasteiger partial charge on any atom is -0.480 e. The van der Waals surface area contributed by atoms with Gasteiger partial charge in [-0.15, -0.1) is 0 Å². The summed E-state index contributed by atoms with van der Waals surface area (Å²) < 4.78 is 19.9. The number of ether oxygens (including phenoxy) is 1. The molecule has 0 saturated heterocycles. The Kier molecular flexibility index (Phi) is 10.3. The van der Waals surface area contributed by atoms with Crippen LogP contribution < -0.4 is 10.6 Å². The molecule has 1 aliphatic carbocycles. The van der Waals surface area contributed by atoms with E-state index in [4.69, 9.17) is 21.3 Å². The van der Waals surface area contributed by atoms with Gasteiger partial charge in [-0.1, -0.05) is 17.7 Å². The molecule has 2 aromatic rings. The zero-order valence-electron chi connectivity index (χ0n) is 21.4. The Labute approximate surface area is 227 Å². The molecule has 3 N–H and O–H groups in total. The van der Waals surface area contributed by atoms with Crippen LogP contribution in [0.1, 0.15) is 60.1 Å². The summed E-state index contributed by atoms with van der Waals surface area (Å²) in [7, 11) is 0. The zero-order valence-corrected chi connectivity index (χ0v) is 22.2. The van der Waals surface area contributed by atoms with E-state index in [2.05, 4.69) is 32.7 Å². The van der Waals surface area contributed by atoms with Crippen molar-refractivity contribution in [3.63, 3.8) is 0 Å². The molecule has 4 rings (SSSR count). The normalized spacial score (nSPS) is 15.6. The average molecular weight is 548 g/mol. The highest BCUT2D eigenvalue weighted by Gasteiger charge is 2.25. The number of fused-ring (bicyclic) bond motifs is 1. The van der Waals surface area contributed by atoms with Gasteiger partial charge in [0.05, 0.1) is 29.5 Å². The smallest absolute Gasteiger partial charge is 0.326 e. The summed E-state index contributed by atoms with van der Waals surface area (Å²) in [5.74, 6) is -1.97. The van der Waals surface area contributed by atoms with E-state index in [-0.39, 0.29) is 11.4 Å². The van der Waals surface area contributed by atoms with E-state index >= 15 is 0 Å². The number of aryl methyl sites for hydroxylation is 2. The number of nitrogens with one attached hydrogen (secondary N) is 2. The van der Waals surface area contributed by atoms with Crippen LogP contribution in [0.5, 0.6) is 0 Å². The van der Waals surface area contributed by atoms with Gasteiger partial charge in [-0.2, -0.15) is 0 Å². The summed E-state index contributed by atoms with van der Waals surface area (Å²) in [6.07, 6.45) is 9.62. The number of hydrogen-bond acceptors (Lipinski definition) is 7. The molecule has 0 aromatic carbocycles. The van der Waals surface area contributed by atoms with Gasteiger partial charge in [0, 0.05) is 31.5 Å². The van der Waals surface area contributed by atoms with Gasteiger partial charge in [-0.3, -0.25) is 9.78 Å². The number of carbonyl (C=O) groups is 2. The molecule has 11 heteroatoms. The summed E-state index contributed by atoms with van der Waals surface area (Å²) in [5, 5.41) is 15.3. The lowest BCUT2D eigenvalue weighted by molar-refractivity contribution is -0.139. The van der Waals surface area contributed by atoms with Crippen molar-refractivity contribution in [1.82, 2.24) is 20.2 Å². The van der Waals surface area contributed by atoms with Crippen molar-refractivity contribution < 1.29 is 23.8 Å². The number of carboxylic acids is 1. The fraction of sp³-hybridized carbons (Fsp3) is 0.556. The van der Waals surface area contributed by atoms with Gasteiger partial charge in [-0.25, -0.2) is 14.2 Å². The van der Waals surface area contributed by atoms with Crippen molar-refractivity contribution in [1.29, 1.82) is 0 Å². The highest BCUT2D eigenvalue weighted by Crippen LogP contribution is 2.23. The first kappa shape index (κ1) is 28.2. The van der Waals surface area contributed by atoms with Crippen LogP contribution in [0.4, 0.5) is 10.2 Å². The molecule has 0 unspecified atom stereocenters. The van der Waals surface area contributed by atoms with E-state index in [9.17, 15) is 19.1 Å². The molecule has 0 bridgehead atoms.